The first-order chi connectivity index (χ1) is 10.1. The molecule has 0 saturated carbocycles. The lowest BCUT2D eigenvalue weighted by molar-refractivity contribution is 0.174. The molecule has 0 amide bonds. The summed E-state index contributed by atoms with van der Waals surface area (Å²) in [6.07, 6.45) is -0.638. The van der Waals surface area contributed by atoms with Gasteiger partial charge in [-0.05, 0) is 36.2 Å². The number of nitrogens with one attached hydrogen (secondary N) is 1. The smallest absolute Gasteiger partial charge is 0.127 e. The lowest BCUT2D eigenvalue weighted by atomic mass is 10.1. The zero-order chi connectivity index (χ0) is 15.2. The number of ether oxygens (including phenoxy) is 1. The fourth-order valence-electron chi connectivity index (χ4n) is 2.21. The van der Waals surface area contributed by atoms with E-state index < -0.39 is 6.10 Å². The minimum absolute atomic E-state index is 0.236. The van der Waals surface area contributed by atoms with Gasteiger partial charge in [0.1, 0.15) is 11.6 Å². The van der Waals surface area contributed by atoms with E-state index in [0.717, 1.165) is 16.9 Å². The molecule has 2 aromatic carbocycles. The number of aliphatic hydroxyl groups is 1. The Morgan fingerprint density at radius 2 is 2.00 bits per heavy atom. The third-order valence-electron chi connectivity index (χ3n) is 3.41. The van der Waals surface area contributed by atoms with Gasteiger partial charge in [-0.2, -0.15) is 0 Å². The molecule has 2 aromatic rings. The van der Waals surface area contributed by atoms with Crippen LogP contribution in [0.2, 0.25) is 0 Å². The first-order valence-corrected chi connectivity index (χ1v) is 6.88. The van der Waals surface area contributed by atoms with E-state index in [4.69, 9.17) is 4.74 Å². The van der Waals surface area contributed by atoms with Crippen LogP contribution in [0.15, 0.2) is 42.5 Å². The van der Waals surface area contributed by atoms with Gasteiger partial charge in [0, 0.05) is 18.7 Å². The van der Waals surface area contributed by atoms with Crippen molar-refractivity contribution >= 4 is 0 Å². The lowest BCUT2D eigenvalue weighted by Gasteiger charge is -2.14. The highest BCUT2D eigenvalue weighted by Crippen LogP contribution is 2.22. The molecular weight excluding hydrogens is 269 g/mol. The molecule has 112 valence electrons. The fourth-order valence-corrected chi connectivity index (χ4v) is 2.21. The van der Waals surface area contributed by atoms with E-state index in [1.807, 2.05) is 25.1 Å². The molecule has 4 heteroatoms. The number of aryl methyl sites for hydroxylation is 1. The van der Waals surface area contributed by atoms with Crippen LogP contribution in [-0.2, 0) is 6.54 Å². The number of hydrogen-bond donors (Lipinski definition) is 2. The molecule has 0 heterocycles. The molecule has 0 aliphatic carbocycles. The van der Waals surface area contributed by atoms with Crippen LogP contribution in [0.4, 0.5) is 4.39 Å². The summed E-state index contributed by atoms with van der Waals surface area (Å²) in [7, 11) is 1.62. The summed E-state index contributed by atoms with van der Waals surface area (Å²) >= 11 is 0. The predicted molar refractivity (Wildman–Crippen MR) is 80.8 cm³/mol. The Morgan fingerprint density at radius 1 is 1.24 bits per heavy atom. The molecule has 0 fully saturated rings. The van der Waals surface area contributed by atoms with Gasteiger partial charge in [0.05, 0.1) is 13.2 Å². The van der Waals surface area contributed by atoms with Gasteiger partial charge < -0.3 is 15.2 Å². The van der Waals surface area contributed by atoms with Crippen molar-refractivity contribution in [1.82, 2.24) is 5.32 Å². The summed E-state index contributed by atoms with van der Waals surface area (Å²) in [6, 6.07) is 12.2. The monoisotopic (exact) mass is 289 g/mol. The van der Waals surface area contributed by atoms with E-state index >= 15 is 0 Å². The minimum atomic E-state index is -0.638. The molecule has 0 saturated heterocycles. The Balaban J connectivity index is 1.91. The minimum Gasteiger partial charge on any atom is -0.496 e. The molecule has 0 bridgehead atoms. The summed E-state index contributed by atoms with van der Waals surface area (Å²) in [5, 5.41) is 13.2. The number of rotatable bonds is 6. The average molecular weight is 289 g/mol. The third-order valence-corrected chi connectivity index (χ3v) is 3.41. The summed E-state index contributed by atoms with van der Waals surface area (Å²) in [5.41, 5.74) is 2.38. The van der Waals surface area contributed by atoms with Crippen LogP contribution in [0.1, 0.15) is 22.8 Å². The number of hydrogen-bond acceptors (Lipinski definition) is 3. The van der Waals surface area contributed by atoms with Crippen molar-refractivity contribution in [2.45, 2.75) is 19.6 Å². The summed E-state index contributed by atoms with van der Waals surface area (Å²) in [6.45, 7) is 2.68. The Kier molecular flexibility index (Phi) is 5.31. The van der Waals surface area contributed by atoms with E-state index in [-0.39, 0.29) is 5.82 Å². The first kappa shape index (κ1) is 15.5. The van der Waals surface area contributed by atoms with Gasteiger partial charge in [0.25, 0.3) is 0 Å². The van der Waals surface area contributed by atoms with Crippen LogP contribution in [0.3, 0.4) is 0 Å². The maximum Gasteiger partial charge on any atom is 0.127 e. The zero-order valence-electron chi connectivity index (χ0n) is 12.3. The molecule has 0 aliphatic rings. The average Bonchev–Trinajstić information content (AvgIpc) is 2.49. The van der Waals surface area contributed by atoms with Crippen LogP contribution < -0.4 is 10.1 Å². The molecule has 0 radical (unpaired) electrons. The van der Waals surface area contributed by atoms with Crippen molar-refractivity contribution in [2.24, 2.45) is 0 Å². The molecule has 3 nitrogen and oxygen atoms in total. The van der Waals surface area contributed by atoms with Crippen LogP contribution >= 0.6 is 0 Å². The highest BCUT2D eigenvalue weighted by molar-refractivity contribution is 5.37. The predicted octanol–water partition coefficient (Wildman–Crippen LogP) is 2.97. The second-order valence-corrected chi connectivity index (χ2v) is 4.97. The molecule has 0 aromatic heterocycles. The SMILES string of the molecule is COc1ccc(C(O)CNCc2ccccc2F)cc1C. The molecule has 21 heavy (non-hydrogen) atoms. The van der Waals surface area contributed by atoms with Gasteiger partial charge in [0.15, 0.2) is 0 Å². The van der Waals surface area contributed by atoms with Gasteiger partial charge in [-0.3, -0.25) is 0 Å². The standard InChI is InChI=1S/C17H20FNO2/c1-12-9-13(7-8-17(12)21-2)16(20)11-19-10-14-5-3-4-6-15(14)18/h3-9,16,19-20H,10-11H2,1-2H3. The van der Waals surface area contributed by atoms with Gasteiger partial charge in [-0.15, -0.1) is 0 Å². The van der Waals surface area contributed by atoms with E-state index in [1.165, 1.54) is 6.07 Å². The van der Waals surface area contributed by atoms with Crippen molar-refractivity contribution < 1.29 is 14.2 Å². The Labute approximate surface area is 124 Å². The van der Waals surface area contributed by atoms with Crippen molar-refractivity contribution in [3.8, 4) is 5.75 Å². The fraction of sp³-hybridized carbons (Fsp3) is 0.294. The maximum atomic E-state index is 13.5. The van der Waals surface area contributed by atoms with Crippen molar-refractivity contribution in [1.29, 1.82) is 0 Å². The summed E-state index contributed by atoms with van der Waals surface area (Å²) in [4.78, 5) is 0. The molecule has 2 N–H and O–H groups in total. The number of methoxy groups -OCH3 is 1. The second kappa shape index (κ2) is 7.20. The van der Waals surface area contributed by atoms with Gasteiger partial charge in [0.2, 0.25) is 0 Å². The molecule has 0 spiro atoms. The van der Waals surface area contributed by atoms with Crippen molar-refractivity contribution in [3.63, 3.8) is 0 Å². The normalized spacial score (nSPS) is 12.2. The van der Waals surface area contributed by atoms with Gasteiger partial charge in [-0.25, -0.2) is 4.39 Å². The Morgan fingerprint density at radius 3 is 2.67 bits per heavy atom. The Bertz CT molecular complexity index is 601. The highest BCUT2D eigenvalue weighted by Gasteiger charge is 2.09. The lowest BCUT2D eigenvalue weighted by Crippen LogP contribution is -2.21. The molecule has 0 aliphatic heterocycles. The third kappa shape index (κ3) is 4.03. The van der Waals surface area contributed by atoms with Crippen LogP contribution in [0.25, 0.3) is 0 Å². The topological polar surface area (TPSA) is 41.5 Å². The van der Waals surface area contributed by atoms with E-state index in [1.54, 1.807) is 25.3 Å². The van der Waals surface area contributed by atoms with E-state index in [9.17, 15) is 9.50 Å². The van der Waals surface area contributed by atoms with Crippen LogP contribution in [0, 0.1) is 12.7 Å². The molecule has 2 rings (SSSR count). The van der Waals surface area contributed by atoms with Crippen molar-refractivity contribution in [3.05, 3.63) is 65.0 Å². The molecule has 1 unspecified atom stereocenters. The summed E-state index contributed by atoms with van der Waals surface area (Å²) < 4.78 is 18.6. The molecule has 1 atom stereocenters. The van der Waals surface area contributed by atoms with Crippen LogP contribution in [-0.4, -0.2) is 18.8 Å². The van der Waals surface area contributed by atoms with Gasteiger partial charge in [-0.1, -0.05) is 24.3 Å². The quantitative estimate of drug-likeness (QED) is 0.859. The van der Waals surface area contributed by atoms with Gasteiger partial charge >= 0.3 is 0 Å². The Hall–Kier alpha value is -1.91. The number of halogens is 1. The maximum absolute atomic E-state index is 13.5. The number of aliphatic hydroxyl groups excluding tert-OH is 1. The van der Waals surface area contributed by atoms with E-state index in [2.05, 4.69) is 5.32 Å². The number of benzene rings is 2. The molecular formula is C17H20FNO2. The van der Waals surface area contributed by atoms with Crippen molar-refractivity contribution in [2.75, 3.05) is 13.7 Å². The van der Waals surface area contributed by atoms with Crippen LogP contribution in [0.5, 0.6) is 5.75 Å². The van der Waals surface area contributed by atoms with E-state index in [0.29, 0.717) is 18.7 Å². The largest absolute Gasteiger partial charge is 0.496 e. The highest BCUT2D eigenvalue weighted by atomic mass is 19.1. The zero-order valence-corrected chi connectivity index (χ0v) is 12.3. The first-order valence-electron chi connectivity index (χ1n) is 6.88. The summed E-state index contributed by atoms with van der Waals surface area (Å²) in [5.74, 6) is 0.560. The second-order valence-electron chi connectivity index (χ2n) is 4.97.